The molecule has 6 heteroatoms. The standard InChI is InChI=1S/C11H21N3O3/c12-11(17)14-13-9-7-5-3-1-2-4-6-8-10(15)16/h9H,1-8H2,(H,15,16)(H3,12,14,17)/b13-9+. The van der Waals surface area contributed by atoms with Gasteiger partial charge in [-0.15, -0.1) is 0 Å². The van der Waals surface area contributed by atoms with Crippen LogP contribution < -0.4 is 11.2 Å². The van der Waals surface area contributed by atoms with Crippen LogP contribution in [0.5, 0.6) is 0 Å². The van der Waals surface area contributed by atoms with Gasteiger partial charge in [-0.1, -0.05) is 25.7 Å². The Morgan fingerprint density at radius 3 is 2.29 bits per heavy atom. The zero-order valence-corrected chi connectivity index (χ0v) is 10.0. The molecule has 0 rings (SSSR count). The summed E-state index contributed by atoms with van der Waals surface area (Å²) in [5, 5.41) is 12.0. The van der Waals surface area contributed by atoms with E-state index < -0.39 is 12.0 Å². The van der Waals surface area contributed by atoms with E-state index in [0.717, 1.165) is 44.9 Å². The first-order chi connectivity index (χ1) is 8.13. The molecule has 0 unspecified atom stereocenters. The molecule has 0 radical (unpaired) electrons. The van der Waals surface area contributed by atoms with Crippen molar-refractivity contribution in [1.82, 2.24) is 5.43 Å². The molecule has 0 aromatic heterocycles. The van der Waals surface area contributed by atoms with Crippen LogP contribution in [0.3, 0.4) is 0 Å². The Morgan fingerprint density at radius 1 is 1.12 bits per heavy atom. The van der Waals surface area contributed by atoms with Gasteiger partial charge in [-0.3, -0.25) is 4.79 Å². The second kappa shape index (κ2) is 10.9. The van der Waals surface area contributed by atoms with E-state index in [4.69, 9.17) is 10.8 Å². The smallest absolute Gasteiger partial charge is 0.332 e. The number of nitrogens with zero attached hydrogens (tertiary/aromatic N) is 1. The van der Waals surface area contributed by atoms with Gasteiger partial charge in [0.05, 0.1) is 0 Å². The molecule has 0 aliphatic carbocycles. The van der Waals surface area contributed by atoms with E-state index >= 15 is 0 Å². The molecule has 0 atom stereocenters. The Labute approximate surface area is 101 Å². The number of carbonyl (C=O) groups is 2. The van der Waals surface area contributed by atoms with Crippen molar-refractivity contribution in [3.05, 3.63) is 0 Å². The maximum Gasteiger partial charge on any atom is 0.332 e. The lowest BCUT2D eigenvalue weighted by atomic mass is 10.1. The Balaban J connectivity index is 3.11. The lowest BCUT2D eigenvalue weighted by molar-refractivity contribution is -0.137. The van der Waals surface area contributed by atoms with Crippen LogP contribution in [0.4, 0.5) is 4.79 Å². The second-order valence-electron chi connectivity index (χ2n) is 3.84. The molecule has 17 heavy (non-hydrogen) atoms. The van der Waals surface area contributed by atoms with Gasteiger partial charge in [0, 0.05) is 12.6 Å². The number of hydrogen-bond acceptors (Lipinski definition) is 3. The zero-order chi connectivity index (χ0) is 12.9. The van der Waals surface area contributed by atoms with Crippen LogP contribution >= 0.6 is 0 Å². The Kier molecular flexibility index (Phi) is 9.89. The van der Waals surface area contributed by atoms with Crippen molar-refractivity contribution in [2.24, 2.45) is 10.8 Å². The Hall–Kier alpha value is -1.59. The number of carbonyl (C=O) groups excluding carboxylic acids is 1. The van der Waals surface area contributed by atoms with Crippen molar-refractivity contribution in [1.29, 1.82) is 0 Å². The van der Waals surface area contributed by atoms with Gasteiger partial charge in [0.1, 0.15) is 0 Å². The van der Waals surface area contributed by atoms with Crippen molar-refractivity contribution >= 4 is 18.2 Å². The number of rotatable bonds is 10. The maximum absolute atomic E-state index is 10.2. The molecule has 0 aliphatic rings. The van der Waals surface area contributed by atoms with E-state index in [2.05, 4.69) is 10.5 Å². The number of aliphatic carboxylic acids is 1. The van der Waals surface area contributed by atoms with Crippen LogP contribution in [-0.2, 0) is 4.79 Å². The lowest BCUT2D eigenvalue weighted by Crippen LogP contribution is -2.24. The number of primary amides is 1. The molecule has 0 aromatic rings. The molecule has 0 saturated heterocycles. The van der Waals surface area contributed by atoms with E-state index in [1.165, 1.54) is 0 Å². The monoisotopic (exact) mass is 243 g/mol. The van der Waals surface area contributed by atoms with Gasteiger partial charge in [-0.2, -0.15) is 5.10 Å². The third-order valence-corrected chi connectivity index (χ3v) is 2.24. The first-order valence-corrected chi connectivity index (χ1v) is 5.91. The van der Waals surface area contributed by atoms with Gasteiger partial charge < -0.3 is 10.8 Å². The van der Waals surface area contributed by atoms with Crippen molar-refractivity contribution in [2.75, 3.05) is 0 Å². The number of nitrogens with one attached hydrogen (secondary N) is 1. The molecule has 0 spiro atoms. The van der Waals surface area contributed by atoms with Gasteiger partial charge in [-0.25, -0.2) is 10.2 Å². The first kappa shape index (κ1) is 15.4. The van der Waals surface area contributed by atoms with Gasteiger partial charge in [0.25, 0.3) is 0 Å². The van der Waals surface area contributed by atoms with Crippen LogP contribution in [0, 0.1) is 0 Å². The van der Waals surface area contributed by atoms with Gasteiger partial charge >= 0.3 is 12.0 Å². The summed E-state index contributed by atoms with van der Waals surface area (Å²) in [6.45, 7) is 0. The number of amides is 2. The summed E-state index contributed by atoms with van der Waals surface area (Å²) >= 11 is 0. The minimum absolute atomic E-state index is 0.269. The predicted octanol–water partition coefficient (Wildman–Crippen LogP) is 1.85. The average Bonchev–Trinajstić information content (AvgIpc) is 2.25. The van der Waals surface area contributed by atoms with E-state index in [1.54, 1.807) is 6.21 Å². The molecule has 0 aromatic carbocycles. The minimum atomic E-state index is -0.719. The number of hydrazone groups is 1. The molecule has 0 fully saturated rings. The molecule has 0 bridgehead atoms. The summed E-state index contributed by atoms with van der Waals surface area (Å²) in [6.07, 6.45) is 8.75. The summed E-state index contributed by atoms with van der Waals surface area (Å²) in [5.41, 5.74) is 6.94. The summed E-state index contributed by atoms with van der Waals surface area (Å²) in [6, 6.07) is -0.653. The molecule has 98 valence electrons. The van der Waals surface area contributed by atoms with Crippen molar-refractivity contribution in [3.8, 4) is 0 Å². The molecular weight excluding hydrogens is 222 g/mol. The van der Waals surface area contributed by atoms with Crippen molar-refractivity contribution in [3.63, 3.8) is 0 Å². The quantitative estimate of drug-likeness (QED) is 0.310. The van der Waals surface area contributed by atoms with Gasteiger partial charge in [0.15, 0.2) is 0 Å². The molecule has 0 heterocycles. The number of unbranched alkanes of at least 4 members (excludes halogenated alkanes) is 6. The van der Waals surface area contributed by atoms with Crippen LogP contribution in [0.2, 0.25) is 0 Å². The van der Waals surface area contributed by atoms with Crippen LogP contribution in [-0.4, -0.2) is 23.3 Å². The fourth-order valence-electron chi connectivity index (χ4n) is 1.39. The zero-order valence-electron chi connectivity index (χ0n) is 10.0. The highest BCUT2D eigenvalue weighted by Crippen LogP contribution is 2.07. The SMILES string of the molecule is NC(=O)N/N=C/CCCCCCCCC(=O)O. The van der Waals surface area contributed by atoms with E-state index in [1.807, 2.05) is 0 Å². The van der Waals surface area contributed by atoms with Crippen LogP contribution in [0.25, 0.3) is 0 Å². The number of urea groups is 1. The Morgan fingerprint density at radius 2 is 1.71 bits per heavy atom. The van der Waals surface area contributed by atoms with E-state index in [9.17, 15) is 9.59 Å². The molecule has 0 saturated carbocycles. The number of hydrogen-bond donors (Lipinski definition) is 3. The van der Waals surface area contributed by atoms with Crippen molar-refractivity contribution < 1.29 is 14.7 Å². The highest BCUT2D eigenvalue weighted by Gasteiger charge is 1.96. The van der Waals surface area contributed by atoms with E-state index in [0.29, 0.717) is 0 Å². The highest BCUT2D eigenvalue weighted by atomic mass is 16.4. The topological polar surface area (TPSA) is 105 Å². The third-order valence-electron chi connectivity index (χ3n) is 2.24. The predicted molar refractivity (Wildman–Crippen MR) is 65.8 cm³/mol. The maximum atomic E-state index is 10.2. The highest BCUT2D eigenvalue weighted by molar-refractivity contribution is 5.72. The second-order valence-corrected chi connectivity index (χ2v) is 3.84. The Bertz CT molecular complexity index is 254. The third kappa shape index (κ3) is 14.4. The van der Waals surface area contributed by atoms with E-state index in [-0.39, 0.29) is 6.42 Å². The number of carboxylic acid groups (broad SMARTS) is 1. The summed E-state index contributed by atoms with van der Waals surface area (Å²) in [4.78, 5) is 20.5. The molecule has 6 nitrogen and oxygen atoms in total. The summed E-state index contributed by atoms with van der Waals surface area (Å²) in [5.74, 6) is -0.719. The summed E-state index contributed by atoms with van der Waals surface area (Å²) in [7, 11) is 0. The molecular formula is C11H21N3O3. The number of carboxylic acids is 1. The van der Waals surface area contributed by atoms with Gasteiger partial charge in [0.2, 0.25) is 0 Å². The fraction of sp³-hybridized carbons (Fsp3) is 0.727. The van der Waals surface area contributed by atoms with Crippen LogP contribution in [0.15, 0.2) is 5.10 Å². The fourth-order valence-corrected chi connectivity index (χ4v) is 1.39. The lowest BCUT2D eigenvalue weighted by Gasteiger charge is -1.99. The summed E-state index contributed by atoms with van der Waals surface area (Å²) < 4.78 is 0. The molecule has 0 aliphatic heterocycles. The first-order valence-electron chi connectivity index (χ1n) is 5.91. The molecule has 4 N–H and O–H groups in total. The van der Waals surface area contributed by atoms with Crippen LogP contribution in [0.1, 0.15) is 51.4 Å². The normalized spacial score (nSPS) is 10.6. The number of nitrogens with two attached hydrogens (primary N) is 1. The van der Waals surface area contributed by atoms with Gasteiger partial charge in [-0.05, 0) is 19.3 Å². The largest absolute Gasteiger partial charge is 0.481 e. The minimum Gasteiger partial charge on any atom is -0.481 e. The average molecular weight is 243 g/mol. The van der Waals surface area contributed by atoms with Crippen molar-refractivity contribution in [2.45, 2.75) is 51.4 Å². The molecule has 2 amide bonds.